The van der Waals surface area contributed by atoms with Crippen molar-refractivity contribution in [2.45, 2.75) is 38.1 Å². The smallest absolute Gasteiger partial charge is 0.119 e. The molecule has 116 valence electrons. The fourth-order valence-electron chi connectivity index (χ4n) is 4.02. The molecule has 0 radical (unpaired) electrons. The molecule has 1 saturated heterocycles. The number of nitrogens with one attached hydrogen (secondary N) is 1. The molecule has 2 aliphatic rings. The van der Waals surface area contributed by atoms with Gasteiger partial charge in [-0.2, -0.15) is 0 Å². The summed E-state index contributed by atoms with van der Waals surface area (Å²) in [4.78, 5) is 2.70. The molecular weight excluding hydrogens is 260 g/mol. The van der Waals surface area contributed by atoms with E-state index < -0.39 is 0 Å². The first kappa shape index (κ1) is 14.9. The molecule has 1 saturated carbocycles. The summed E-state index contributed by atoms with van der Waals surface area (Å²) >= 11 is 0. The van der Waals surface area contributed by atoms with E-state index in [-0.39, 0.29) is 0 Å². The van der Waals surface area contributed by atoms with E-state index in [2.05, 4.69) is 34.5 Å². The summed E-state index contributed by atoms with van der Waals surface area (Å²) in [5.74, 6) is 1.80. The van der Waals surface area contributed by atoms with Gasteiger partial charge in [-0.15, -0.1) is 0 Å². The first-order valence-corrected chi connectivity index (χ1v) is 8.47. The number of methoxy groups -OCH3 is 1. The number of rotatable bonds is 4. The van der Waals surface area contributed by atoms with Crippen LogP contribution in [-0.2, 0) is 0 Å². The molecule has 1 aromatic rings. The summed E-state index contributed by atoms with van der Waals surface area (Å²) in [6.07, 6.45) is 6.98. The topological polar surface area (TPSA) is 24.5 Å². The zero-order chi connectivity index (χ0) is 14.5. The summed E-state index contributed by atoms with van der Waals surface area (Å²) in [5, 5.41) is 3.48. The molecule has 1 N–H and O–H groups in total. The van der Waals surface area contributed by atoms with Crippen LogP contribution in [0, 0.1) is 5.92 Å². The molecule has 2 fully saturated rings. The highest BCUT2D eigenvalue weighted by molar-refractivity contribution is 5.31. The van der Waals surface area contributed by atoms with Crippen molar-refractivity contribution in [3.05, 3.63) is 29.8 Å². The van der Waals surface area contributed by atoms with Gasteiger partial charge in [-0.1, -0.05) is 31.4 Å². The van der Waals surface area contributed by atoms with Gasteiger partial charge < -0.3 is 10.1 Å². The summed E-state index contributed by atoms with van der Waals surface area (Å²) in [7, 11) is 1.76. The van der Waals surface area contributed by atoms with Crippen LogP contribution in [0.2, 0.25) is 0 Å². The molecule has 1 atom stereocenters. The van der Waals surface area contributed by atoms with Gasteiger partial charge in [0.15, 0.2) is 0 Å². The lowest BCUT2D eigenvalue weighted by molar-refractivity contribution is 0.103. The van der Waals surface area contributed by atoms with Crippen LogP contribution >= 0.6 is 0 Å². The van der Waals surface area contributed by atoms with Crippen molar-refractivity contribution in [2.24, 2.45) is 5.92 Å². The maximum Gasteiger partial charge on any atom is 0.119 e. The summed E-state index contributed by atoms with van der Waals surface area (Å²) in [6.45, 7) is 4.57. The predicted octanol–water partition coefficient (Wildman–Crippen LogP) is 3.22. The van der Waals surface area contributed by atoms with Gasteiger partial charge in [0.25, 0.3) is 0 Å². The normalized spacial score (nSPS) is 22.9. The highest BCUT2D eigenvalue weighted by Gasteiger charge is 2.30. The van der Waals surface area contributed by atoms with E-state index in [0.717, 1.165) is 24.8 Å². The monoisotopic (exact) mass is 288 g/mol. The molecule has 0 amide bonds. The van der Waals surface area contributed by atoms with Crippen molar-refractivity contribution < 1.29 is 4.74 Å². The molecule has 0 aromatic heterocycles. The average Bonchev–Trinajstić information content (AvgIpc) is 2.57. The van der Waals surface area contributed by atoms with Crippen molar-refractivity contribution >= 4 is 0 Å². The molecule has 0 unspecified atom stereocenters. The third kappa shape index (κ3) is 3.58. The number of hydrogen-bond acceptors (Lipinski definition) is 3. The van der Waals surface area contributed by atoms with Crippen LogP contribution < -0.4 is 10.1 Å². The molecular formula is C18H28N2O. The van der Waals surface area contributed by atoms with Crippen molar-refractivity contribution in [1.82, 2.24) is 10.2 Å². The van der Waals surface area contributed by atoms with E-state index in [1.165, 1.54) is 50.8 Å². The first-order valence-electron chi connectivity index (χ1n) is 8.47. The fourth-order valence-corrected chi connectivity index (χ4v) is 4.02. The Kier molecular flexibility index (Phi) is 5.15. The number of benzene rings is 1. The summed E-state index contributed by atoms with van der Waals surface area (Å²) < 4.78 is 5.45. The van der Waals surface area contributed by atoms with Crippen LogP contribution in [0.25, 0.3) is 0 Å². The Morgan fingerprint density at radius 2 is 1.90 bits per heavy atom. The number of nitrogens with zero attached hydrogens (tertiary/aromatic N) is 1. The number of piperazine rings is 1. The maximum absolute atomic E-state index is 5.45. The van der Waals surface area contributed by atoms with Crippen LogP contribution in [0.15, 0.2) is 24.3 Å². The summed E-state index contributed by atoms with van der Waals surface area (Å²) in [6, 6.07) is 9.32. The van der Waals surface area contributed by atoms with Gasteiger partial charge >= 0.3 is 0 Å². The van der Waals surface area contributed by atoms with Gasteiger partial charge in [0.05, 0.1) is 7.11 Å². The van der Waals surface area contributed by atoms with Crippen LogP contribution in [0.3, 0.4) is 0 Å². The SMILES string of the molecule is COc1cccc([C@@H](C2CCCCC2)N2CCNCC2)c1. The van der Waals surface area contributed by atoms with Crippen LogP contribution in [-0.4, -0.2) is 38.2 Å². The van der Waals surface area contributed by atoms with Gasteiger partial charge in [-0.05, 0) is 36.5 Å². The molecule has 3 rings (SSSR count). The highest BCUT2D eigenvalue weighted by Crippen LogP contribution is 2.39. The van der Waals surface area contributed by atoms with E-state index in [9.17, 15) is 0 Å². The molecule has 1 aromatic carbocycles. The van der Waals surface area contributed by atoms with Crippen molar-refractivity contribution in [3.63, 3.8) is 0 Å². The van der Waals surface area contributed by atoms with E-state index in [0.29, 0.717) is 6.04 Å². The van der Waals surface area contributed by atoms with E-state index in [4.69, 9.17) is 4.74 Å². The molecule has 0 spiro atoms. The molecule has 0 bridgehead atoms. The molecule has 1 heterocycles. The van der Waals surface area contributed by atoms with E-state index >= 15 is 0 Å². The average molecular weight is 288 g/mol. The standard InChI is InChI=1S/C18H28N2O/c1-21-17-9-5-8-16(14-17)18(15-6-3-2-4-7-15)20-12-10-19-11-13-20/h5,8-9,14-15,18-19H,2-4,6-7,10-13H2,1H3/t18-/m1/s1. The lowest BCUT2D eigenvalue weighted by atomic mass is 9.80. The van der Waals surface area contributed by atoms with E-state index in [1.807, 2.05) is 0 Å². The third-order valence-corrected chi connectivity index (χ3v) is 5.08. The van der Waals surface area contributed by atoms with Crippen molar-refractivity contribution in [3.8, 4) is 5.75 Å². The Morgan fingerprint density at radius 3 is 2.62 bits per heavy atom. The second-order valence-corrected chi connectivity index (χ2v) is 6.41. The maximum atomic E-state index is 5.45. The van der Waals surface area contributed by atoms with Crippen LogP contribution in [0.5, 0.6) is 5.75 Å². The van der Waals surface area contributed by atoms with Gasteiger partial charge in [-0.25, -0.2) is 0 Å². The lowest BCUT2D eigenvalue weighted by Crippen LogP contribution is -2.47. The Hall–Kier alpha value is -1.06. The second-order valence-electron chi connectivity index (χ2n) is 6.41. The predicted molar refractivity (Wildman–Crippen MR) is 86.8 cm³/mol. The number of ether oxygens (including phenoxy) is 1. The van der Waals surface area contributed by atoms with Gasteiger partial charge in [-0.3, -0.25) is 4.90 Å². The van der Waals surface area contributed by atoms with Crippen molar-refractivity contribution in [1.29, 1.82) is 0 Å². The molecule has 1 aliphatic carbocycles. The third-order valence-electron chi connectivity index (χ3n) is 5.08. The first-order chi connectivity index (χ1) is 10.4. The zero-order valence-electron chi connectivity index (χ0n) is 13.2. The lowest BCUT2D eigenvalue weighted by Gasteiger charge is -2.41. The highest BCUT2D eigenvalue weighted by atomic mass is 16.5. The largest absolute Gasteiger partial charge is 0.497 e. The molecule has 3 heteroatoms. The quantitative estimate of drug-likeness (QED) is 0.920. The van der Waals surface area contributed by atoms with Crippen molar-refractivity contribution in [2.75, 3.05) is 33.3 Å². The Morgan fingerprint density at radius 1 is 1.14 bits per heavy atom. The molecule has 3 nitrogen and oxygen atoms in total. The minimum Gasteiger partial charge on any atom is -0.497 e. The van der Waals surface area contributed by atoms with Gasteiger partial charge in [0.2, 0.25) is 0 Å². The zero-order valence-corrected chi connectivity index (χ0v) is 13.2. The second kappa shape index (κ2) is 7.28. The minimum atomic E-state index is 0.572. The Labute approximate surface area is 128 Å². The van der Waals surface area contributed by atoms with Gasteiger partial charge in [0.1, 0.15) is 5.75 Å². The van der Waals surface area contributed by atoms with Gasteiger partial charge in [0, 0.05) is 32.2 Å². The molecule has 1 aliphatic heterocycles. The minimum absolute atomic E-state index is 0.572. The Bertz CT molecular complexity index is 419. The Balaban J connectivity index is 1.85. The van der Waals surface area contributed by atoms with Crippen LogP contribution in [0.1, 0.15) is 43.7 Å². The number of hydrogen-bond donors (Lipinski definition) is 1. The molecule has 21 heavy (non-hydrogen) atoms. The van der Waals surface area contributed by atoms with E-state index in [1.54, 1.807) is 7.11 Å². The summed E-state index contributed by atoms with van der Waals surface area (Å²) in [5.41, 5.74) is 1.45. The van der Waals surface area contributed by atoms with Crippen LogP contribution in [0.4, 0.5) is 0 Å². The fraction of sp³-hybridized carbons (Fsp3) is 0.667.